The van der Waals surface area contributed by atoms with Crippen molar-refractivity contribution in [3.05, 3.63) is 0 Å². The molecule has 2 nitrogen and oxygen atoms in total. The maximum absolute atomic E-state index is 12.3. The van der Waals surface area contributed by atoms with Crippen LogP contribution in [-0.2, 0) is 9.53 Å². The van der Waals surface area contributed by atoms with Gasteiger partial charge < -0.3 is 0 Å². The molecule has 0 amide bonds. The molecule has 2 rings (SSSR count). The SMILES string of the molecule is CCC(C)C(=O)OC1(C)CC2C[I-]CC1(C)C2(C)C. The second kappa shape index (κ2) is 4.88. The van der Waals surface area contributed by atoms with E-state index in [1.165, 1.54) is 8.86 Å². The van der Waals surface area contributed by atoms with E-state index in [0.717, 1.165) is 18.8 Å². The van der Waals surface area contributed by atoms with E-state index < -0.39 is 0 Å². The Morgan fingerprint density at radius 2 is 2.00 bits per heavy atom. The van der Waals surface area contributed by atoms with Crippen LogP contribution in [0.3, 0.4) is 0 Å². The summed E-state index contributed by atoms with van der Waals surface area (Å²) in [5.41, 5.74) is 0.215. The molecule has 112 valence electrons. The Kier molecular flexibility index (Phi) is 4.01. The summed E-state index contributed by atoms with van der Waals surface area (Å²) in [7, 11) is 0. The van der Waals surface area contributed by atoms with E-state index in [9.17, 15) is 4.79 Å². The van der Waals surface area contributed by atoms with Crippen LogP contribution in [0.15, 0.2) is 0 Å². The van der Waals surface area contributed by atoms with Crippen molar-refractivity contribution in [1.29, 1.82) is 0 Å². The summed E-state index contributed by atoms with van der Waals surface area (Å²) in [6.07, 6.45) is 1.93. The second-order valence-corrected chi connectivity index (χ2v) is 10.1. The number of esters is 1. The first kappa shape index (κ1) is 15.6. The molecule has 0 aromatic rings. The molecule has 0 aromatic carbocycles. The van der Waals surface area contributed by atoms with Gasteiger partial charge in [-0.05, 0) is 0 Å². The molecular weight excluding hydrogens is 351 g/mol. The van der Waals surface area contributed by atoms with Gasteiger partial charge in [-0.2, -0.15) is 0 Å². The van der Waals surface area contributed by atoms with Crippen LogP contribution in [0.5, 0.6) is 0 Å². The van der Waals surface area contributed by atoms with Crippen molar-refractivity contribution in [1.82, 2.24) is 0 Å². The molecule has 1 heterocycles. The summed E-state index contributed by atoms with van der Waals surface area (Å²) in [5, 5.41) is 0. The summed E-state index contributed by atoms with van der Waals surface area (Å²) in [6.45, 7) is 13.4. The van der Waals surface area contributed by atoms with Crippen LogP contribution < -0.4 is 21.2 Å². The van der Waals surface area contributed by atoms with Crippen LogP contribution in [0.2, 0.25) is 0 Å². The zero-order valence-corrected chi connectivity index (χ0v) is 15.3. The number of hydrogen-bond donors (Lipinski definition) is 0. The van der Waals surface area contributed by atoms with Crippen molar-refractivity contribution in [2.45, 2.75) is 60.0 Å². The van der Waals surface area contributed by atoms with Gasteiger partial charge in [-0.25, -0.2) is 0 Å². The Morgan fingerprint density at radius 3 is 2.53 bits per heavy atom. The normalized spacial score (nSPS) is 42.3. The molecule has 19 heavy (non-hydrogen) atoms. The maximum atomic E-state index is 12.3. The van der Waals surface area contributed by atoms with Crippen LogP contribution in [0.25, 0.3) is 0 Å². The van der Waals surface area contributed by atoms with Gasteiger partial charge in [0.15, 0.2) is 0 Å². The molecule has 2 aliphatic rings. The Labute approximate surface area is 128 Å². The van der Waals surface area contributed by atoms with Gasteiger partial charge in [0.2, 0.25) is 0 Å². The third-order valence-corrected chi connectivity index (χ3v) is 9.99. The molecule has 3 heteroatoms. The first-order valence-electron chi connectivity index (χ1n) is 7.44. The Bertz CT molecular complexity index is 379. The standard InChI is InChI=1S/C16H28IO2/c1-7-11(2)13(18)19-16(6)8-12-9-17-10-15(16,5)14(12,3)4/h11-12H,7-10H2,1-6H3/q-1. The number of fused-ring (bicyclic) bond motifs is 2. The Balaban J connectivity index is 2.27. The minimum atomic E-state index is -0.252. The van der Waals surface area contributed by atoms with E-state index >= 15 is 0 Å². The van der Waals surface area contributed by atoms with Gasteiger partial charge >= 0.3 is 128 Å². The van der Waals surface area contributed by atoms with E-state index in [1.54, 1.807) is 0 Å². The van der Waals surface area contributed by atoms with Crippen LogP contribution in [0.4, 0.5) is 0 Å². The van der Waals surface area contributed by atoms with Crippen molar-refractivity contribution in [2.24, 2.45) is 22.7 Å². The van der Waals surface area contributed by atoms with Gasteiger partial charge in [-0.3, -0.25) is 0 Å². The molecule has 4 unspecified atom stereocenters. The molecule has 4 atom stereocenters. The number of carbonyl (C=O) groups excluding carboxylic acids is 1. The van der Waals surface area contributed by atoms with E-state index in [0.29, 0.717) is 26.6 Å². The first-order valence-corrected chi connectivity index (χ1v) is 10.5. The summed E-state index contributed by atoms with van der Waals surface area (Å²) in [6, 6.07) is 0. The third kappa shape index (κ3) is 2.14. The zero-order chi connectivity index (χ0) is 14.5. The van der Waals surface area contributed by atoms with Crippen LogP contribution in [-0.4, -0.2) is 20.4 Å². The second-order valence-electron chi connectivity index (χ2n) is 7.39. The third-order valence-electron chi connectivity index (χ3n) is 6.24. The fraction of sp³-hybridized carbons (Fsp3) is 0.938. The van der Waals surface area contributed by atoms with Gasteiger partial charge in [0.05, 0.1) is 0 Å². The molecule has 0 radical (unpaired) electrons. The Hall–Kier alpha value is 0.200. The van der Waals surface area contributed by atoms with E-state index in [-0.39, 0.29) is 22.9 Å². The monoisotopic (exact) mass is 379 g/mol. The number of carbonyl (C=O) groups is 1. The molecular formula is C16H28IO2-. The number of hydrogen-bond acceptors (Lipinski definition) is 2. The number of alkyl halides is 2. The van der Waals surface area contributed by atoms with E-state index in [4.69, 9.17) is 4.74 Å². The van der Waals surface area contributed by atoms with Gasteiger partial charge in [-0.15, -0.1) is 0 Å². The molecule has 1 aliphatic heterocycles. The average Bonchev–Trinajstić information content (AvgIpc) is 2.44. The molecule has 1 aliphatic carbocycles. The fourth-order valence-corrected chi connectivity index (χ4v) is 9.01. The van der Waals surface area contributed by atoms with E-state index in [2.05, 4.69) is 34.6 Å². The topological polar surface area (TPSA) is 26.3 Å². The summed E-state index contributed by atoms with van der Waals surface area (Å²) >= 11 is 0.291. The van der Waals surface area contributed by atoms with Crippen molar-refractivity contribution in [2.75, 3.05) is 8.86 Å². The first-order chi connectivity index (χ1) is 8.68. The summed E-state index contributed by atoms with van der Waals surface area (Å²) in [4.78, 5) is 12.3. The Morgan fingerprint density at radius 1 is 1.37 bits per heavy atom. The average molecular weight is 379 g/mol. The van der Waals surface area contributed by atoms with Gasteiger partial charge in [0.25, 0.3) is 0 Å². The molecule has 2 fully saturated rings. The molecule has 0 spiro atoms. The summed E-state index contributed by atoms with van der Waals surface area (Å²) in [5.74, 6) is 0.778. The van der Waals surface area contributed by atoms with Crippen molar-refractivity contribution in [3.63, 3.8) is 0 Å². The fourth-order valence-electron chi connectivity index (χ4n) is 3.66. The summed E-state index contributed by atoms with van der Waals surface area (Å²) < 4.78 is 8.77. The minimum absolute atomic E-state index is 0.00720. The van der Waals surface area contributed by atoms with Gasteiger partial charge in [0.1, 0.15) is 0 Å². The van der Waals surface area contributed by atoms with E-state index in [1.807, 2.05) is 6.92 Å². The van der Waals surface area contributed by atoms with Crippen molar-refractivity contribution < 1.29 is 30.7 Å². The predicted molar refractivity (Wildman–Crippen MR) is 73.7 cm³/mol. The molecule has 1 saturated carbocycles. The van der Waals surface area contributed by atoms with Crippen LogP contribution in [0, 0.1) is 22.7 Å². The van der Waals surface area contributed by atoms with Crippen LogP contribution >= 0.6 is 0 Å². The molecule has 1 saturated heterocycles. The van der Waals surface area contributed by atoms with Crippen molar-refractivity contribution >= 4 is 5.97 Å². The number of ether oxygens (including phenoxy) is 1. The number of rotatable bonds is 3. The van der Waals surface area contributed by atoms with Crippen molar-refractivity contribution in [3.8, 4) is 0 Å². The predicted octanol–water partition coefficient (Wildman–Crippen LogP) is 0.489. The molecule has 2 bridgehead atoms. The number of halogens is 1. The molecule has 0 aromatic heterocycles. The molecule has 0 N–H and O–H groups in total. The van der Waals surface area contributed by atoms with Crippen LogP contribution in [0.1, 0.15) is 54.4 Å². The zero-order valence-electron chi connectivity index (χ0n) is 13.2. The van der Waals surface area contributed by atoms with Gasteiger partial charge in [0, 0.05) is 0 Å². The quantitative estimate of drug-likeness (QED) is 0.405. The van der Waals surface area contributed by atoms with Gasteiger partial charge in [-0.1, -0.05) is 0 Å².